The Labute approximate surface area is 145 Å². The smallest absolute Gasteiger partial charge is 0.347 e. The molecule has 25 heavy (non-hydrogen) atoms. The van der Waals surface area contributed by atoms with Gasteiger partial charge < -0.3 is 20.9 Å². The first-order valence-electron chi connectivity index (χ1n) is 7.72. The highest BCUT2D eigenvalue weighted by Gasteiger charge is 2.24. The largest absolute Gasteiger partial charge is 0.473 e. The van der Waals surface area contributed by atoms with Crippen LogP contribution in [0, 0.1) is 11.3 Å². The monoisotopic (exact) mass is 341 g/mol. The molecule has 1 aromatic heterocycles. The summed E-state index contributed by atoms with van der Waals surface area (Å²) in [5, 5.41) is 9.03. The molecule has 1 heterocycles. The number of carbonyl (C=O) groups is 1. The molecule has 0 fully saturated rings. The van der Waals surface area contributed by atoms with E-state index in [1.54, 1.807) is 38.1 Å². The van der Waals surface area contributed by atoms with Crippen LogP contribution in [-0.2, 0) is 4.74 Å². The number of nitriles is 1. The van der Waals surface area contributed by atoms with Gasteiger partial charge in [-0.2, -0.15) is 10.2 Å². The van der Waals surface area contributed by atoms with Crippen LogP contribution in [0.3, 0.4) is 0 Å². The summed E-state index contributed by atoms with van der Waals surface area (Å²) in [7, 11) is 0. The van der Waals surface area contributed by atoms with E-state index in [1.165, 1.54) is 0 Å². The van der Waals surface area contributed by atoms with Crippen LogP contribution in [0.5, 0.6) is 5.88 Å². The molecule has 0 saturated heterocycles. The summed E-state index contributed by atoms with van der Waals surface area (Å²) in [5.41, 5.74) is 12.5. The van der Waals surface area contributed by atoms with Crippen molar-refractivity contribution in [2.75, 3.05) is 18.9 Å². The molecule has 0 bridgehead atoms. The zero-order chi connectivity index (χ0) is 18.4. The molecule has 0 unspecified atom stereocenters. The van der Waals surface area contributed by atoms with Crippen molar-refractivity contribution in [3.05, 3.63) is 35.4 Å². The van der Waals surface area contributed by atoms with Gasteiger partial charge in [-0.15, -0.1) is 0 Å². The number of benzene rings is 1. The fraction of sp³-hybridized carbons (Fsp3) is 0.294. The average Bonchev–Trinajstić information content (AvgIpc) is 2.61. The Balaban J connectivity index is 2.57. The van der Waals surface area contributed by atoms with E-state index in [-0.39, 0.29) is 42.3 Å². The minimum atomic E-state index is -0.670. The molecule has 0 aliphatic carbocycles. The molecule has 2 rings (SSSR count). The van der Waals surface area contributed by atoms with Gasteiger partial charge in [-0.3, -0.25) is 0 Å². The number of aromatic nitrogens is 2. The van der Waals surface area contributed by atoms with Crippen molar-refractivity contribution >= 4 is 11.8 Å². The van der Waals surface area contributed by atoms with E-state index >= 15 is 0 Å². The standard InChI is InChI=1S/C17H19N5O3/c1-3-24-17(23)13-14(20)21-15(22-16(13)25-10(2)8-18)12-6-4-5-11(7-12)9-19/h4-7,10H,3,8,18H2,1-2H3,(H2,20,21,22)/t10-/m0/s1. The van der Waals surface area contributed by atoms with Crippen LogP contribution in [0.25, 0.3) is 11.4 Å². The number of carbonyl (C=O) groups excluding carboxylic acids is 1. The zero-order valence-electron chi connectivity index (χ0n) is 14.0. The lowest BCUT2D eigenvalue weighted by Gasteiger charge is -2.16. The van der Waals surface area contributed by atoms with E-state index in [1.807, 2.05) is 6.07 Å². The zero-order valence-corrected chi connectivity index (χ0v) is 14.0. The highest BCUT2D eigenvalue weighted by Crippen LogP contribution is 2.27. The highest BCUT2D eigenvalue weighted by molar-refractivity contribution is 5.97. The van der Waals surface area contributed by atoms with E-state index < -0.39 is 5.97 Å². The lowest BCUT2D eigenvalue weighted by atomic mass is 10.1. The van der Waals surface area contributed by atoms with Crippen LogP contribution >= 0.6 is 0 Å². The van der Waals surface area contributed by atoms with Gasteiger partial charge in [-0.05, 0) is 26.0 Å². The molecule has 2 aromatic rings. The molecular formula is C17H19N5O3. The Hall–Kier alpha value is -3.18. The van der Waals surface area contributed by atoms with Crippen LogP contribution in [0.1, 0.15) is 29.8 Å². The number of rotatable bonds is 6. The maximum absolute atomic E-state index is 12.2. The van der Waals surface area contributed by atoms with Crippen LogP contribution in [-0.4, -0.2) is 35.2 Å². The van der Waals surface area contributed by atoms with Crippen LogP contribution in [0.15, 0.2) is 24.3 Å². The third-order valence-electron chi connectivity index (χ3n) is 3.28. The fourth-order valence-electron chi connectivity index (χ4n) is 2.03. The Kier molecular flexibility index (Phi) is 5.87. The second kappa shape index (κ2) is 8.08. The number of nitrogen functional groups attached to an aromatic ring is 1. The van der Waals surface area contributed by atoms with Gasteiger partial charge in [0, 0.05) is 12.1 Å². The molecule has 8 nitrogen and oxygen atoms in total. The maximum Gasteiger partial charge on any atom is 0.347 e. The van der Waals surface area contributed by atoms with Gasteiger partial charge in [0.25, 0.3) is 0 Å². The Bertz CT molecular complexity index is 816. The first-order chi connectivity index (χ1) is 12.0. The Morgan fingerprint density at radius 1 is 1.40 bits per heavy atom. The van der Waals surface area contributed by atoms with Gasteiger partial charge in [0.15, 0.2) is 11.4 Å². The molecule has 8 heteroatoms. The van der Waals surface area contributed by atoms with Gasteiger partial charge in [-0.1, -0.05) is 12.1 Å². The summed E-state index contributed by atoms with van der Waals surface area (Å²) in [5.74, 6) is -0.496. The van der Waals surface area contributed by atoms with Crippen LogP contribution in [0.4, 0.5) is 5.82 Å². The molecule has 1 aromatic carbocycles. The van der Waals surface area contributed by atoms with Crippen LogP contribution in [0.2, 0.25) is 0 Å². The molecule has 1 atom stereocenters. The number of nitrogens with zero attached hydrogens (tertiary/aromatic N) is 3. The molecule has 4 N–H and O–H groups in total. The van der Waals surface area contributed by atoms with Gasteiger partial charge >= 0.3 is 5.97 Å². The lowest BCUT2D eigenvalue weighted by Crippen LogP contribution is -2.25. The number of nitrogens with two attached hydrogens (primary N) is 2. The van der Waals surface area contributed by atoms with Crippen molar-refractivity contribution in [1.82, 2.24) is 9.97 Å². The molecule has 0 spiro atoms. The second-order valence-electron chi connectivity index (χ2n) is 5.19. The van der Waals surface area contributed by atoms with E-state index in [0.29, 0.717) is 11.1 Å². The summed E-state index contributed by atoms with van der Waals surface area (Å²) in [6, 6.07) is 8.76. The number of ether oxygens (including phenoxy) is 2. The summed E-state index contributed by atoms with van der Waals surface area (Å²) in [4.78, 5) is 20.6. The van der Waals surface area contributed by atoms with E-state index in [0.717, 1.165) is 0 Å². The second-order valence-corrected chi connectivity index (χ2v) is 5.19. The number of anilines is 1. The number of hydrogen-bond acceptors (Lipinski definition) is 8. The third-order valence-corrected chi connectivity index (χ3v) is 3.28. The molecule has 0 amide bonds. The minimum absolute atomic E-state index is 0.00117. The summed E-state index contributed by atoms with van der Waals surface area (Å²) < 4.78 is 10.6. The van der Waals surface area contributed by atoms with Crippen molar-refractivity contribution in [3.8, 4) is 23.3 Å². The summed E-state index contributed by atoms with van der Waals surface area (Å²) in [6.07, 6.45) is -0.388. The average molecular weight is 341 g/mol. The molecule has 0 saturated carbocycles. The molecule has 0 aliphatic heterocycles. The highest BCUT2D eigenvalue weighted by atomic mass is 16.5. The summed E-state index contributed by atoms with van der Waals surface area (Å²) >= 11 is 0. The third kappa shape index (κ3) is 4.22. The minimum Gasteiger partial charge on any atom is -0.473 e. The molecular weight excluding hydrogens is 322 g/mol. The van der Waals surface area contributed by atoms with Crippen molar-refractivity contribution in [1.29, 1.82) is 5.26 Å². The van der Waals surface area contributed by atoms with Crippen molar-refractivity contribution in [2.24, 2.45) is 5.73 Å². The molecule has 130 valence electrons. The molecule has 0 radical (unpaired) electrons. The van der Waals surface area contributed by atoms with Crippen molar-refractivity contribution < 1.29 is 14.3 Å². The van der Waals surface area contributed by atoms with E-state index in [4.69, 9.17) is 26.2 Å². The van der Waals surface area contributed by atoms with Gasteiger partial charge in [-0.25, -0.2) is 9.78 Å². The quantitative estimate of drug-likeness (QED) is 0.754. The van der Waals surface area contributed by atoms with Crippen molar-refractivity contribution in [3.63, 3.8) is 0 Å². The molecule has 0 aliphatic rings. The fourth-order valence-corrected chi connectivity index (χ4v) is 2.03. The van der Waals surface area contributed by atoms with Crippen LogP contribution < -0.4 is 16.2 Å². The topological polar surface area (TPSA) is 137 Å². The van der Waals surface area contributed by atoms with E-state index in [9.17, 15) is 4.79 Å². The van der Waals surface area contributed by atoms with Gasteiger partial charge in [0.2, 0.25) is 5.88 Å². The van der Waals surface area contributed by atoms with E-state index in [2.05, 4.69) is 9.97 Å². The van der Waals surface area contributed by atoms with Gasteiger partial charge in [0.1, 0.15) is 11.9 Å². The predicted octanol–water partition coefficient (Wildman–Crippen LogP) is 1.50. The number of hydrogen-bond donors (Lipinski definition) is 2. The normalized spacial score (nSPS) is 11.4. The maximum atomic E-state index is 12.2. The van der Waals surface area contributed by atoms with Crippen molar-refractivity contribution in [2.45, 2.75) is 20.0 Å². The first-order valence-corrected chi connectivity index (χ1v) is 7.72. The SMILES string of the molecule is CCOC(=O)c1c(N)nc(-c2cccc(C#N)c2)nc1O[C@@H](C)CN. The summed E-state index contributed by atoms with van der Waals surface area (Å²) in [6.45, 7) is 3.82. The Morgan fingerprint density at radius 3 is 2.80 bits per heavy atom. The predicted molar refractivity (Wildman–Crippen MR) is 91.7 cm³/mol. The Morgan fingerprint density at radius 2 is 2.16 bits per heavy atom. The number of esters is 1. The lowest BCUT2D eigenvalue weighted by molar-refractivity contribution is 0.0519. The first kappa shape index (κ1) is 18.2. The van der Waals surface area contributed by atoms with Gasteiger partial charge in [0.05, 0.1) is 18.2 Å².